The molecule has 0 aromatic carbocycles. The molecule has 2 aliphatic rings. The number of nitrogens with one attached hydrogen (secondary N) is 1. The molecule has 1 amide bonds. The number of amides is 1. The Morgan fingerprint density at radius 3 is 2.42 bits per heavy atom. The number of aromatic nitrogens is 4. The molecule has 0 bridgehead atoms. The van der Waals surface area contributed by atoms with E-state index in [1.165, 1.54) is 58.3 Å². The summed E-state index contributed by atoms with van der Waals surface area (Å²) in [5.74, 6) is 1.42. The molecule has 252 valence electrons. The quantitative estimate of drug-likeness (QED) is 0.232. The molecule has 2 aliphatic heterocycles. The van der Waals surface area contributed by atoms with Crippen molar-refractivity contribution < 1.29 is 14.3 Å². The normalized spacial score (nSPS) is 17.1. The van der Waals surface area contributed by atoms with Gasteiger partial charge in [0.1, 0.15) is 11.6 Å². The Kier molecular flexibility index (Phi) is 13.9. The lowest BCUT2D eigenvalue weighted by Gasteiger charge is -2.42. The van der Waals surface area contributed by atoms with Gasteiger partial charge in [-0.3, -0.25) is 14.5 Å². The van der Waals surface area contributed by atoms with Gasteiger partial charge in [0.05, 0.1) is 13.1 Å². The Bertz CT molecular complexity index is 1140. The van der Waals surface area contributed by atoms with E-state index in [2.05, 4.69) is 49.3 Å². The third-order valence-electron chi connectivity index (χ3n) is 10.1. The highest BCUT2D eigenvalue weighted by Gasteiger charge is 2.40. The summed E-state index contributed by atoms with van der Waals surface area (Å²) in [5.41, 5.74) is 0.530. The van der Waals surface area contributed by atoms with Crippen LogP contribution in [0.1, 0.15) is 90.7 Å². The van der Waals surface area contributed by atoms with E-state index in [-0.39, 0.29) is 24.9 Å². The summed E-state index contributed by atoms with van der Waals surface area (Å²) in [7, 11) is 0. The second-order valence-electron chi connectivity index (χ2n) is 13.0. The van der Waals surface area contributed by atoms with Gasteiger partial charge in [-0.15, -0.1) is 0 Å². The second-order valence-corrected chi connectivity index (χ2v) is 13.0. The van der Waals surface area contributed by atoms with Crippen LogP contribution in [0.15, 0.2) is 24.8 Å². The minimum absolute atomic E-state index is 0.151. The maximum Gasteiger partial charge on any atom is 0.306 e. The van der Waals surface area contributed by atoms with Crippen molar-refractivity contribution in [3.8, 4) is 0 Å². The van der Waals surface area contributed by atoms with Gasteiger partial charge in [0.15, 0.2) is 6.61 Å². The van der Waals surface area contributed by atoms with Crippen LogP contribution < -0.4 is 0 Å². The van der Waals surface area contributed by atoms with Crippen molar-refractivity contribution in [2.45, 2.75) is 105 Å². The molecule has 1 N–H and O–H groups in total. The van der Waals surface area contributed by atoms with E-state index in [1.807, 2.05) is 26.2 Å². The summed E-state index contributed by atoms with van der Waals surface area (Å²) in [6, 6.07) is 0.760. The van der Waals surface area contributed by atoms with Crippen molar-refractivity contribution in [1.82, 2.24) is 39.1 Å². The largest absolute Gasteiger partial charge is 0.456 e. The minimum Gasteiger partial charge on any atom is -0.456 e. The van der Waals surface area contributed by atoms with E-state index in [0.29, 0.717) is 44.6 Å². The predicted molar refractivity (Wildman–Crippen MR) is 176 cm³/mol. The number of aryl methyl sites for hydroxylation is 1. The Hall–Kier alpha value is -2.76. The van der Waals surface area contributed by atoms with Crippen molar-refractivity contribution >= 4 is 11.9 Å². The van der Waals surface area contributed by atoms with E-state index >= 15 is 0 Å². The van der Waals surface area contributed by atoms with Gasteiger partial charge in [0.25, 0.3) is 5.91 Å². The summed E-state index contributed by atoms with van der Waals surface area (Å²) in [6.07, 6.45) is 16.2. The van der Waals surface area contributed by atoms with Crippen LogP contribution in [0.2, 0.25) is 0 Å². The molecule has 2 fully saturated rings. The van der Waals surface area contributed by atoms with Crippen molar-refractivity contribution in [1.29, 1.82) is 0 Å². The number of carbonyl (C=O) groups is 2. The van der Waals surface area contributed by atoms with E-state index in [4.69, 9.17) is 9.72 Å². The molecule has 4 rings (SSSR count). The van der Waals surface area contributed by atoms with Crippen LogP contribution in [0.4, 0.5) is 0 Å². The second kappa shape index (κ2) is 17.8. The number of ether oxygens (including phenoxy) is 1. The molecule has 0 saturated carbocycles. The maximum atomic E-state index is 12.4. The smallest absolute Gasteiger partial charge is 0.306 e. The van der Waals surface area contributed by atoms with Gasteiger partial charge in [-0.2, -0.15) is 0 Å². The molecule has 2 aromatic heterocycles. The number of likely N-dealkylation sites (tertiary alicyclic amines) is 2. The predicted octanol–water partition coefficient (Wildman–Crippen LogP) is 4.17. The van der Waals surface area contributed by atoms with Crippen molar-refractivity contribution in [3.63, 3.8) is 0 Å². The van der Waals surface area contributed by atoms with Gasteiger partial charge in [0, 0.05) is 63.4 Å². The Morgan fingerprint density at radius 2 is 1.73 bits per heavy atom. The minimum atomic E-state index is -0.338. The number of hydrogen-bond acceptors (Lipinski definition) is 8. The first-order valence-corrected chi connectivity index (χ1v) is 17.5. The van der Waals surface area contributed by atoms with Crippen LogP contribution in [0.5, 0.6) is 0 Å². The molecule has 1 spiro atoms. The van der Waals surface area contributed by atoms with Crippen LogP contribution >= 0.6 is 0 Å². The van der Waals surface area contributed by atoms with Crippen LogP contribution in [0.25, 0.3) is 0 Å². The topological polar surface area (TPSA) is 103 Å². The van der Waals surface area contributed by atoms with E-state index in [1.54, 1.807) is 11.1 Å². The number of imidazole rings is 2. The average molecular weight is 627 g/mol. The number of rotatable bonds is 19. The van der Waals surface area contributed by atoms with Crippen LogP contribution in [-0.4, -0.2) is 116 Å². The lowest BCUT2D eigenvalue weighted by Crippen LogP contribution is -2.45. The highest BCUT2D eigenvalue weighted by molar-refractivity contribution is 5.80. The Labute approximate surface area is 270 Å². The first-order valence-electron chi connectivity index (χ1n) is 17.5. The molecule has 0 aliphatic carbocycles. The number of carbonyl (C=O) groups excluding carboxylic acids is 2. The molecule has 11 heteroatoms. The zero-order valence-corrected chi connectivity index (χ0v) is 28.4. The van der Waals surface area contributed by atoms with Gasteiger partial charge in [-0.25, -0.2) is 9.97 Å². The summed E-state index contributed by atoms with van der Waals surface area (Å²) in [4.78, 5) is 46.2. The molecule has 0 atom stereocenters. The summed E-state index contributed by atoms with van der Waals surface area (Å²) >= 11 is 0. The average Bonchev–Trinajstić information content (AvgIpc) is 3.81. The SMILES string of the molecule is CCC(CC)N1CCC2(CCN(CCCn3ccnc3CN(CCCC(=O)OCC(=O)N(CC)CC)Cc3ncc[nH]3)C2)CC1. The maximum absolute atomic E-state index is 12.4. The van der Waals surface area contributed by atoms with E-state index in [0.717, 1.165) is 37.2 Å². The number of hydrogen-bond donors (Lipinski definition) is 1. The lowest BCUT2D eigenvalue weighted by molar-refractivity contribution is -0.152. The molecule has 4 heterocycles. The van der Waals surface area contributed by atoms with Crippen molar-refractivity contribution in [2.24, 2.45) is 5.41 Å². The summed E-state index contributed by atoms with van der Waals surface area (Å²) in [5, 5.41) is 0. The Morgan fingerprint density at radius 1 is 0.978 bits per heavy atom. The van der Waals surface area contributed by atoms with Crippen LogP contribution in [0, 0.1) is 5.41 Å². The fraction of sp³-hybridized carbons (Fsp3) is 0.765. The number of piperidine rings is 1. The fourth-order valence-electron chi connectivity index (χ4n) is 7.29. The molecular formula is C34H58N8O3. The summed E-state index contributed by atoms with van der Waals surface area (Å²) < 4.78 is 7.54. The molecule has 2 aromatic rings. The first-order chi connectivity index (χ1) is 21.9. The van der Waals surface area contributed by atoms with Crippen molar-refractivity contribution in [2.75, 3.05) is 59.0 Å². The van der Waals surface area contributed by atoms with Crippen LogP contribution in [0.3, 0.4) is 0 Å². The highest BCUT2D eigenvalue weighted by Crippen LogP contribution is 2.41. The molecule has 11 nitrogen and oxygen atoms in total. The molecule has 0 unspecified atom stereocenters. The monoisotopic (exact) mass is 626 g/mol. The van der Waals surface area contributed by atoms with Gasteiger partial charge < -0.3 is 29.0 Å². The van der Waals surface area contributed by atoms with Gasteiger partial charge in [-0.1, -0.05) is 13.8 Å². The van der Waals surface area contributed by atoms with Gasteiger partial charge >= 0.3 is 5.97 Å². The molecule has 2 saturated heterocycles. The Balaban J connectivity index is 1.21. The standard InChI is InChI=1S/C34H58N8O3/c1-5-29(6-2)41-22-13-34(14-23-41)12-21-38(28-34)19-10-20-42-24-17-37-31(42)26-39(25-30-35-15-16-36-30)18-9-11-33(44)45-27-32(43)40(7-3)8-4/h15-17,24,29H,5-14,18-23,25-28H2,1-4H3,(H,35,36). The lowest BCUT2D eigenvalue weighted by atomic mass is 9.77. The third kappa shape index (κ3) is 10.4. The first kappa shape index (κ1) is 35.1. The summed E-state index contributed by atoms with van der Waals surface area (Å²) in [6.45, 7) is 18.6. The zero-order valence-electron chi connectivity index (χ0n) is 28.4. The van der Waals surface area contributed by atoms with E-state index < -0.39 is 0 Å². The number of aromatic amines is 1. The van der Waals surface area contributed by atoms with Crippen molar-refractivity contribution in [3.05, 3.63) is 36.4 Å². The molecular weight excluding hydrogens is 568 g/mol. The third-order valence-corrected chi connectivity index (χ3v) is 10.1. The zero-order chi connectivity index (χ0) is 32.1. The van der Waals surface area contributed by atoms with Crippen LogP contribution in [-0.2, 0) is 34.0 Å². The molecule has 0 radical (unpaired) electrons. The van der Waals surface area contributed by atoms with E-state index in [9.17, 15) is 9.59 Å². The molecule has 45 heavy (non-hydrogen) atoms. The van der Waals surface area contributed by atoms with Gasteiger partial charge in [0.2, 0.25) is 0 Å². The number of H-pyrrole nitrogens is 1. The highest BCUT2D eigenvalue weighted by atomic mass is 16.5. The number of likely N-dealkylation sites (N-methyl/N-ethyl adjacent to an activating group) is 1. The van der Waals surface area contributed by atoms with Gasteiger partial charge in [-0.05, 0) is 96.9 Å². The number of esters is 1. The number of nitrogens with zero attached hydrogens (tertiary/aromatic N) is 7. The fourth-order valence-corrected chi connectivity index (χ4v) is 7.29.